The van der Waals surface area contributed by atoms with Crippen LogP contribution in [0, 0.1) is 0 Å². The molecule has 3 unspecified atom stereocenters. The number of hydrogen-bond acceptors (Lipinski definition) is 3. The number of aromatic nitrogens is 1. The van der Waals surface area contributed by atoms with Gasteiger partial charge in [-0.3, -0.25) is 4.98 Å². The van der Waals surface area contributed by atoms with Crippen LogP contribution < -0.4 is 0 Å². The summed E-state index contributed by atoms with van der Waals surface area (Å²) in [5, 5.41) is 0.717. The second-order valence-corrected chi connectivity index (χ2v) is 6.41. The standard InChI is InChI=1S/C15H24ClN3/c1-18(2)14-8-5-11(9-15(14)19(3)4)13-7-6-12(16)10-17-13/h6-7,10-11,14-15H,5,8-9H2,1-4H3. The Bertz CT molecular complexity index is 402. The Morgan fingerprint density at radius 1 is 1.05 bits per heavy atom. The molecule has 3 atom stereocenters. The molecule has 0 aliphatic heterocycles. The highest BCUT2D eigenvalue weighted by atomic mass is 35.5. The molecule has 0 spiro atoms. The third-order valence-electron chi connectivity index (χ3n) is 4.28. The first-order valence-electron chi connectivity index (χ1n) is 6.93. The Balaban J connectivity index is 2.12. The summed E-state index contributed by atoms with van der Waals surface area (Å²) in [6, 6.07) is 5.26. The fourth-order valence-electron chi connectivity index (χ4n) is 3.19. The van der Waals surface area contributed by atoms with Gasteiger partial charge in [-0.1, -0.05) is 11.6 Å². The Kier molecular flexibility index (Phi) is 4.82. The number of hydrogen-bond donors (Lipinski definition) is 0. The second-order valence-electron chi connectivity index (χ2n) is 5.97. The van der Waals surface area contributed by atoms with Crippen LogP contribution in [0.5, 0.6) is 0 Å². The maximum atomic E-state index is 5.92. The van der Waals surface area contributed by atoms with Crippen molar-refractivity contribution in [3.05, 3.63) is 29.0 Å². The van der Waals surface area contributed by atoms with Gasteiger partial charge in [-0.05, 0) is 59.6 Å². The lowest BCUT2D eigenvalue weighted by molar-refractivity contribution is 0.0994. The normalized spacial score (nSPS) is 28.1. The fourth-order valence-corrected chi connectivity index (χ4v) is 3.30. The third kappa shape index (κ3) is 3.47. The molecule has 1 heterocycles. The Hall–Kier alpha value is -0.640. The molecule has 2 rings (SSSR count). The zero-order chi connectivity index (χ0) is 14.0. The van der Waals surface area contributed by atoms with Gasteiger partial charge in [0, 0.05) is 29.9 Å². The summed E-state index contributed by atoms with van der Waals surface area (Å²) < 4.78 is 0. The highest BCUT2D eigenvalue weighted by molar-refractivity contribution is 6.30. The van der Waals surface area contributed by atoms with Crippen molar-refractivity contribution in [2.45, 2.75) is 37.3 Å². The molecule has 0 N–H and O–H groups in total. The summed E-state index contributed by atoms with van der Waals surface area (Å²) in [4.78, 5) is 9.21. The van der Waals surface area contributed by atoms with Gasteiger partial charge < -0.3 is 9.80 Å². The van der Waals surface area contributed by atoms with Gasteiger partial charge in [0.25, 0.3) is 0 Å². The van der Waals surface area contributed by atoms with Gasteiger partial charge in [0.15, 0.2) is 0 Å². The molecule has 1 aromatic heterocycles. The van der Waals surface area contributed by atoms with Crippen molar-refractivity contribution in [1.82, 2.24) is 14.8 Å². The summed E-state index contributed by atoms with van der Waals surface area (Å²) in [5.74, 6) is 0.556. The van der Waals surface area contributed by atoms with Crippen molar-refractivity contribution in [1.29, 1.82) is 0 Å². The van der Waals surface area contributed by atoms with Gasteiger partial charge in [-0.2, -0.15) is 0 Å². The summed E-state index contributed by atoms with van der Waals surface area (Å²) in [5.41, 5.74) is 1.19. The topological polar surface area (TPSA) is 19.4 Å². The molecule has 106 valence electrons. The van der Waals surface area contributed by atoms with E-state index in [0.29, 0.717) is 18.0 Å². The van der Waals surface area contributed by atoms with E-state index in [4.69, 9.17) is 11.6 Å². The van der Waals surface area contributed by atoms with Gasteiger partial charge in [-0.15, -0.1) is 0 Å². The molecule has 0 aromatic carbocycles. The molecule has 4 heteroatoms. The monoisotopic (exact) mass is 281 g/mol. The molecule has 19 heavy (non-hydrogen) atoms. The predicted octanol–water partition coefficient (Wildman–Crippen LogP) is 2.86. The van der Waals surface area contributed by atoms with E-state index in [2.05, 4.69) is 49.0 Å². The Morgan fingerprint density at radius 3 is 2.26 bits per heavy atom. The molecule has 3 nitrogen and oxygen atoms in total. The van der Waals surface area contributed by atoms with E-state index in [-0.39, 0.29) is 0 Å². The highest BCUT2D eigenvalue weighted by Crippen LogP contribution is 2.35. The Labute approximate surface area is 121 Å². The molecule has 1 aliphatic rings. The number of likely N-dealkylation sites (N-methyl/N-ethyl adjacent to an activating group) is 2. The first kappa shape index (κ1) is 14.8. The molecular formula is C15H24ClN3. The SMILES string of the molecule is CN(C)C1CCC(c2ccc(Cl)cn2)CC1N(C)C. The van der Waals surface area contributed by atoms with Crippen LogP contribution in [0.25, 0.3) is 0 Å². The van der Waals surface area contributed by atoms with Crippen LogP contribution in [0.3, 0.4) is 0 Å². The lowest BCUT2D eigenvalue weighted by Gasteiger charge is -2.42. The fraction of sp³-hybridized carbons (Fsp3) is 0.667. The quantitative estimate of drug-likeness (QED) is 0.849. The van der Waals surface area contributed by atoms with Crippen molar-refractivity contribution in [2.75, 3.05) is 28.2 Å². The lowest BCUT2D eigenvalue weighted by Crippen LogP contribution is -2.50. The third-order valence-corrected chi connectivity index (χ3v) is 4.50. The van der Waals surface area contributed by atoms with Crippen LogP contribution in [0.1, 0.15) is 30.9 Å². The minimum atomic E-state index is 0.556. The number of pyridine rings is 1. The molecule has 0 amide bonds. The Morgan fingerprint density at radius 2 is 1.74 bits per heavy atom. The van der Waals surface area contributed by atoms with Gasteiger partial charge in [0.2, 0.25) is 0 Å². The molecule has 0 saturated heterocycles. The van der Waals surface area contributed by atoms with Gasteiger partial charge in [0.1, 0.15) is 0 Å². The second kappa shape index (κ2) is 6.21. The van der Waals surface area contributed by atoms with Crippen LogP contribution in [-0.4, -0.2) is 55.1 Å². The average molecular weight is 282 g/mol. The van der Waals surface area contributed by atoms with E-state index >= 15 is 0 Å². The molecule has 0 bridgehead atoms. The maximum absolute atomic E-state index is 5.92. The van der Waals surface area contributed by atoms with E-state index in [1.54, 1.807) is 6.20 Å². The van der Waals surface area contributed by atoms with Gasteiger partial charge >= 0.3 is 0 Å². The van der Waals surface area contributed by atoms with E-state index in [1.165, 1.54) is 25.0 Å². The zero-order valence-electron chi connectivity index (χ0n) is 12.3. The number of rotatable bonds is 3. The van der Waals surface area contributed by atoms with Crippen molar-refractivity contribution < 1.29 is 0 Å². The molecule has 1 aliphatic carbocycles. The lowest BCUT2D eigenvalue weighted by atomic mass is 9.79. The van der Waals surface area contributed by atoms with Crippen LogP contribution in [0.15, 0.2) is 18.3 Å². The smallest absolute Gasteiger partial charge is 0.0589 e. The highest BCUT2D eigenvalue weighted by Gasteiger charge is 2.34. The van der Waals surface area contributed by atoms with Crippen molar-refractivity contribution in [3.63, 3.8) is 0 Å². The van der Waals surface area contributed by atoms with Crippen LogP contribution >= 0.6 is 11.6 Å². The van der Waals surface area contributed by atoms with Crippen molar-refractivity contribution in [2.24, 2.45) is 0 Å². The summed E-state index contributed by atoms with van der Waals surface area (Å²) >= 11 is 5.92. The van der Waals surface area contributed by atoms with E-state index < -0.39 is 0 Å². The molecule has 0 radical (unpaired) electrons. The minimum Gasteiger partial charge on any atom is -0.305 e. The molecular weight excluding hydrogens is 258 g/mol. The summed E-state index contributed by atoms with van der Waals surface area (Å²) in [6.07, 6.45) is 5.37. The maximum Gasteiger partial charge on any atom is 0.0589 e. The summed E-state index contributed by atoms with van der Waals surface area (Å²) in [7, 11) is 8.72. The largest absolute Gasteiger partial charge is 0.305 e. The number of nitrogens with zero attached hydrogens (tertiary/aromatic N) is 3. The minimum absolute atomic E-state index is 0.556. The van der Waals surface area contributed by atoms with Crippen molar-refractivity contribution >= 4 is 11.6 Å². The number of halogens is 1. The first-order chi connectivity index (χ1) is 8.99. The van der Waals surface area contributed by atoms with Crippen LogP contribution in [0.2, 0.25) is 5.02 Å². The van der Waals surface area contributed by atoms with Crippen molar-refractivity contribution in [3.8, 4) is 0 Å². The van der Waals surface area contributed by atoms with E-state index in [0.717, 1.165) is 5.02 Å². The predicted molar refractivity (Wildman–Crippen MR) is 80.8 cm³/mol. The molecule has 1 fully saturated rings. The van der Waals surface area contributed by atoms with Gasteiger partial charge in [0.05, 0.1) is 5.02 Å². The molecule has 1 aromatic rings. The van der Waals surface area contributed by atoms with E-state index in [9.17, 15) is 0 Å². The van der Waals surface area contributed by atoms with Crippen LogP contribution in [0.4, 0.5) is 0 Å². The summed E-state index contributed by atoms with van der Waals surface area (Å²) in [6.45, 7) is 0. The first-order valence-corrected chi connectivity index (χ1v) is 7.31. The van der Waals surface area contributed by atoms with E-state index in [1.807, 2.05) is 6.07 Å². The molecule has 1 saturated carbocycles. The van der Waals surface area contributed by atoms with Gasteiger partial charge in [-0.25, -0.2) is 0 Å². The average Bonchev–Trinajstić information content (AvgIpc) is 2.38. The van der Waals surface area contributed by atoms with Crippen LogP contribution in [-0.2, 0) is 0 Å². The zero-order valence-corrected chi connectivity index (χ0v) is 13.1.